The molecular formula is C24H38FN3O3. The second kappa shape index (κ2) is 7.98. The number of aliphatic hydroxyl groups is 1. The smallest absolute Gasteiger partial charge is 0.142 e. The van der Waals surface area contributed by atoms with Crippen molar-refractivity contribution >= 4 is 11.4 Å². The molecule has 0 aromatic rings. The molecule has 1 unspecified atom stereocenters. The molecule has 1 saturated heterocycles. The molecule has 1 aliphatic heterocycles. The quantitative estimate of drug-likeness (QED) is 0.663. The zero-order valence-electron chi connectivity index (χ0n) is 19.1. The monoisotopic (exact) mass is 435 g/mol. The van der Waals surface area contributed by atoms with Gasteiger partial charge in [-0.1, -0.05) is 24.2 Å². The molecule has 0 bridgehead atoms. The van der Waals surface area contributed by atoms with Gasteiger partial charge in [-0.2, -0.15) is 0 Å². The molecule has 7 heteroatoms. The zero-order valence-corrected chi connectivity index (χ0v) is 19.1. The van der Waals surface area contributed by atoms with Crippen molar-refractivity contribution in [3.8, 4) is 0 Å². The van der Waals surface area contributed by atoms with Gasteiger partial charge < -0.3 is 20.1 Å². The van der Waals surface area contributed by atoms with Crippen molar-refractivity contribution in [2.75, 3.05) is 20.2 Å². The van der Waals surface area contributed by atoms with Gasteiger partial charge in [-0.05, 0) is 73.7 Å². The van der Waals surface area contributed by atoms with Gasteiger partial charge in [0.2, 0.25) is 0 Å². The predicted octanol–water partition coefficient (Wildman–Crippen LogP) is 3.68. The number of fused-ring (bicyclic) bond motifs is 5. The third-order valence-corrected chi connectivity index (χ3v) is 9.81. The molecule has 0 radical (unpaired) electrons. The Morgan fingerprint density at radius 3 is 2.58 bits per heavy atom. The number of nitrogens with one attached hydrogen (secondary N) is 1. The lowest BCUT2D eigenvalue weighted by molar-refractivity contribution is -0.0900. The summed E-state index contributed by atoms with van der Waals surface area (Å²) < 4.78 is 15.5. The first-order chi connectivity index (χ1) is 14.9. The number of rotatable bonds is 3. The molecule has 31 heavy (non-hydrogen) atoms. The first-order valence-corrected chi connectivity index (χ1v) is 12.2. The highest BCUT2D eigenvalue weighted by atomic mass is 19.1. The van der Waals surface area contributed by atoms with Crippen LogP contribution in [0.5, 0.6) is 0 Å². The summed E-state index contributed by atoms with van der Waals surface area (Å²) in [5, 5.41) is 22.8. The van der Waals surface area contributed by atoms with Crippen molar-refractivity contribution in [1.29, 1.82) is 0 Å². The summed E-state index contributed by atoms with van der Waals surface area (Å²) >= 11 is 0. The van der Waals surface area contributed by atoms with Crippen LogP contribution in [0.2, 0.25) is 0 Å². The Morgan fingerprint density at radius 1 is 1.03 bits per heavy atom. The van der Waals surface area contributed by atoms with E-state index < -0.39 is 6.17 Å². The van der Waals surface area contributed by atoms with E-state index in [1.54, 1.807) is 7.11 Å². The number of aliphatic hydroxyl groups excluding tert-OH is 1. The van der Waals surface area contributed by atoms with Crippen LogP contribution in [0, 0.1) is 34.5 Å². The van der Waals surface area contributed by atoms with E-state index in [0.717, 1.165) is 57.3 Å². The van der Waals surface area contributed by atoms with Crippen LogP contribution in [0.3, 0.4) is 0 Å². The molecule has 5 rings (SSSR count). The van der Waals surface area contributed by atoms with Crippen LogP contribution in [0.25, 0.3) is 0 Å². The van der Waals surface area contributed by atoms with Gasteiger partial charge in [0.05, 0.1) is 17.5 Å². The summed E-state index contributed by atoms with van der Waals surface area (Å²) in [7, 11) is 1.60. The zero-order chi connectivity index (χ0) is 21.8. The van der Waals surface area contributed by atoms with Gasteiger partial charge >= 0.3 is 0 Å². The van der Waals surface area contributed by atoms with Crippen molar-refractivity contribution in [2.24, 2.45) is 44.8 Å². The molecule has 0 spiro atoms. The Bertz CT molecular complexity index is 754. The molecule has 5 fully saturated rings. The van der Waals surface area contributed by atoms with E-state index in [-0.39, 0.29) is 29.0 Å². The van der Waals surface area contributed by atoms with Crippen molar-refractivity contribution in [3.63, 3.8) is 0 Å². The van der Waals surface area contributed by atoms with E-state index in [2.05, 4.69) is 29.5 Å². The molecule has 174 valence electrons. The number of oxime groups is 2. The summed E-state index contributed by atoms with van der Waals surface area (Å²) in [5.74, 6) is 1.52. The summed E-state index contributed by atoms with van der Waals surface area (Å²) in [6.07, 6.45) is 5.65. The molecule has 0 aromatic heterocycles. The normalized spacial score (nSPS) is 52.0. The van der Waals surface area contributed by atoms with E-state index in [0.29, 0.717) is 36.3 Å². The van der Waals surface area contributed by atoms with Crippen LogP contribution in [-0.2, 0) is 9.68 Å². The summed E-state index contributed by atoms with van der Waals surface area (Å²) in [5.41, 5.74) is 1.41. The first-order valence-electron chi connectivity index (χ1n) is 12.2. The van der Waals surface area contributed by atoms with Crippen molar-refractivity contribution in [3.05, 3.63) is 0 Å². The number of hydrogen-bond donors (Lipinski definition) is 2. The Balaban J connectivity index is 1.43. The van der Waals surface area contributed by atoms with Crippen molar-refractivity contribution < 1.29 is 19.2 Å². The molecular weight excluding hydrogens is 397 g/mol. The van der Waals surface area contributed by atoms with Crippen LogP contribution >= 0.6 is 0 Å². The fraction of sp³-hybridized carbons (Fsp3) is 0.917. The standard InChI is InChI=1S/C24H38FN3O3/c1-23-8-6-17-15(16(23)4-5-22(23)29)10-20(27-30-3)18-11-21(19(25)12-24(17,18)2)28-31-14-7-9-26-13-14/h14-19,22,26,29H,4-13H2,1-3H3/b27-20-,28-21-/t14-,15+,16+,17+,18?,19-,22+,23+,24-/m1/s1. The molecule has 5 aliphatic rings. The van der Waals surface area contributed by atoms with Gasteiger partial charge in [0.25, 0.3) is 0 Å². The van der Waals surface area contributed by atoms with Crippen LogP contribution in [0.4, 0.5) is 4.39 Å². The average Bonchev–Trinajstić information content (AvgIpc) is 3.35. The highest BCUT2D eigenvalue weighted by molar-refractivity contribution is 5.97. The molecule has 0 aromatic carbocycles. The SMILES string of the molecule is CO/N=C1/C[C@H]2[C@@H]3CC[C@H](O)[C@@]3(C)CC[C@@H]2[C@@]2(C)C[C@@H](F)/C(=N\O[C@@H]3CCNC3)CC12. The third-order valence-electron chi connectivity index (χ3n) is 9.81. The maximum atomic E-state index is 15.5. The summed E-state index contributed by atoms with van der Waals surface area (Å²) in [6, 6.07) is 0. The van der Waals surface area contributed by atoms with E-state index in [9.17, 15) is 5.11 Å². The summed E-state index contributed by atoms with van der Waals surface area (Å²) in [6.45, 7) is 6.25. The number of nitrogens with zero attached hydrogens (tertiary/aromatic N) is 2. The minimum Gasteiger partial charge on any atom is -0.399 e. The largest absolute Gasteiger partial charge is 0.399 e. The maximum absolute atomic E-state index is 15.5. The van der Waals surface area contributed by atoms with Crippen molar-refractivity contribution in [2.45, 2.75) is 83.6 Å². The van der Waals surface area contributed by atoms with Gasteiger partial charge in [0, 0.05) is 25.3 Å². The predicted molar refractivity (Wildman–Crippen MR) is 118 cm³/mol. The fourth-order valence-corrected chi connectivity index (χ4v) is 8.04. The minimum absolute atomic E-state index is 0.0118. The maximum Gasteiger partial charge on any atom is 0.142 e. The Kier molecular flexibility index (Phi) is 5.57. The van der Waals surface area contributed by atoms with Gasteiger partial charge in [-0.25, -0.2) is 4.39 Å². The van der Waals surface area contributed by atoms with Crippen LogP contribution < -0.4 is 5.32 Å². The van der Waals surface area contributed by atoms with Crippen LogP contribution in [0.1, 0.15) is 65.2 Å². The Labute approximate surface area is 185 Å². The second-order valence-electron chi connectivity index (χ2n) is 11.2. The highest BCUT2D eigenvalue weighted by Gasteiger charge is 2.62. The van der Waals surface area contributed by atoms with Gasteiger partial charge in [0.1, 0.15) is 19.4 Å². The van der Waals surface area contributed by atoms with Crippen molar-refractivity contribution in [1.82, 2.24) is 5.32 Å². The van der Waals surface area contributed by atoms with Gasteiger partial charge in [-0.3, -0.25) is 0 Å². The summed E-state index contributed by atoms with van der Waals surface area (Å²) in [4.78, 5) is 11.0. The molecule has 6 nitrogen and oxygen atoms in total. The van der Waals surface area contributed by atoms with Crippen LogP contribution in [0.15, 0.2) is 10.3 Å². The molecule has 2 N–H and O–H groups in total. The van der Waals surface area contributed by atoms with E-state index in [1.807, 2.05) is 0 Å². The van der Waals surface area contributed by atoms with Gasteiger partial charge in [-0.15, -0.1) is 0 Å². The number of hydrogen-bond acceptors (Lipinski definition) is 6. The topological polar surface area (TPSA) is 75.4 Å². The lowest BCUT2D eigenvalue weighted by Crippen LogP contribution is -2.58. The molecule has 0 amide bonds. The fourth-order valence-electron chi connectivity index (χ4n) is 8.04. The van der Waals surface area contributed by atoms with Gasteiger partial charge in [0.15, 0.2) is 0 Å². The second-order valence-corrected chi connectivity index (χ2v) is 11.2. The van der Waals surface area contributed by atoms with E-state index >= 15 is 4.39 Å². The van der Waals surface area contributed by atoms with E-state index in [4.69, 9.17) is 9.68 Å². The lowest BCUT2D eigenvalue weighted by atomic mass is 9.44. The molecule has 9 atom stereocenters. The van der Waals surface area contributed by atoms with E-state index in [1.165, 1.54) is 0 Å². The number of alkyl halides is 1. The lowest BCUT2D eigenvalue weighted by Gasteiger charge is -2.60. The molecule has 4 aliphatic carbocycles. The first kappa shape index (κ1) is 21.6. The average molecular weight is 436 g/mol. The van der Waals surface area contributed by atoms with Crippen LogP contribution in [-0.4, -0.2) is 55.1 Å². The highest BCUT2D eigenvalue weighted by Crippen LogP contribution is 2.65. The molecule has 4 saturated carbocycles. The number of halogens is 1. The Hall–Kier alpha value is -1.21. The molecule has 1 heterocycles. The third kappa shape index (κ3) is 3.41. The Morgan fingerprint density at radius 2 is 1.84 bits per heavy atom. The minimum atomic E-state index is -1.07.